The van der Waals surface area contributed by atoms with Crippen LogP contribution in [0.3, 0.4) is 0 Å². The molecular weight excluding hydrogens is 589 g/mol. The third-order valence-electron chi connectivity index (χ3n) is 12.4. The van der Waals surface area contributed by atoms with Gasteiger partial charge >= 0.3 is 6.09 Å². The highest BCUT2D eigenvalue weighted by Crippen LogP contribution is 2.65. The minimum Gasteiger partial charge on any atom is -0.444 e. The van der Waals surface area contributed by atoms with E-state index in [1.807, 2.05) is 25.7 Å². The van der Waals surface area contributed by atoms with E-state index in [0.29, 0.717) is 66.8 Å². The van der Waals surface area contributed by atoms with E-state index in [1.54, 1.807) is 11.1 Å². The van der Waals surface area contributed by atoms with Crippen LogP contribution in [0.2, 0.25) is 10.6 Å². The molecule has 0 bridgehead atoms. The fourth-order valence-corrected chi connectivity index (χ4v) is 13.3. The Labute approximate surface area is 284 Å². The van der Waals surface area contributed by atoms with Gasteiger partial charge in [-0.3, -0.25) is 4.79 Å². The molecule has 0 aromatic heterocycles. The maximum Gasteiger partial charge on any atom is 0.410 e. The van der Waals surface area contributed by atoms with E-state index in [-0.39, 0.29) is 22.5 Å². The van der Waals surface area contributed by atoms with Crippen LogP contribution in [0.5, 0.6) is 0 Å². The second-order valence-corrected chi connectivity index (χ2v) is 22.3. The number of piperidine rings is 1. The topological polar surface area (TPSA) is 67.9 Å². The SMILES string of the molecule is CC1=C(CCC(=O)NCC2CCN(C(=O)OC(C)(C)C)CC2)C2CCC3C(C)(C)[C@@H](O[Si](C(C)C)C(C)(C)C)CC[C@]3(C)C2CC1. The van der Waals surface area contributed by atoms with Crippen molar-refractivity contribution in [2.24, 2.45) is 34.5 Å². The van der Waals surface area contributed by atoms with Gasteiger partial charge in [-0.1, -0.05) is 66.5 Å². The predicted octanol–water partition coefficient (Wildman–Crippen LogP) is 9.70. The lowest BCUT2D eigenvalue weighted by molar-refractivity contribution is -0.144. The third kappa shape index (κ3) is 8.44. The van der Waals surface area contributed by atoms with Crippen LogP contribution < -0.4 is 5.32 Å². The maximum absolute atomic E-state index is 13.1. The van der Waals surface area contributed by atoms with Gasteiger partial charge in [-0.25, -0.2) is 4.79 Å². The molecule has 3 unspecified atom stereocenters. The van der Waals surface area contributed by atoms with Gasteiger partial charge in [0.2, 0.25) is 14.9 Å². The van der Waals surface area contributed by atoms with Gasteiger partial charge in [0.15, 0.2) is 0 Å². The minimum atomic E-state index is -0.947. The van der Waals surface area contributed by atoms with Gasteiger partial charge in [-0.15, -0.1) is 0 Å². The standard InChI is InChI=1S/C39H69N2O4Si/c1-26(2)46(37(7,8)9)45-33-19-22-39(12)31-16-13-27(3)29(30(31)14-17-32(39)38(33,10)11)15-18-34(42)40-25-28-20-23-41(24-21-28)35(43)44-36(4,5)6/h26,28,30-33H,13-25H2,1-12H3,(H,40,42)/t30?,31?,32?,33-,39+/m0/s1. The van der Waals surface area contributed by atoms with Crippen molar-refractivity contribution >= 4 is 21.0 Å². The first kappa shape index (κ1) is 37.5. The van der Waals surface area contributed by atoms with Gasteiger partial charge in [0.25, 0.3) is 0 Å². The number of carbonyl (C=O) groups excluding carboxylic acids is 2. The van der Waals surface area contributed by atoms with Crippen LogP contribution in [-0.2, 0) is 14.0 Å². The van der Waals surface area contributed by atoms with E-state index in [4.69, 9.17) is 9.16 Å². The van der Waals surface area contributed by atoms with Crippen LogP contribution in [0.15, 0.2) is 11.1 Å². The van der Waals surface area contributed by atoms with Crippen molar-refractivity contribution in [3.63, 3.8) is 0 Å². The maximum atomic E-state index is 13.1. The Balaban J connectivity index is 1.31. The number of ether oxygens (including phenoxy) is 1. The largest absolute Gasteiger partial charge is 0.444 e. The number of rotatable bonds is 8. The monoisotopic (exact) mass is 658 g/mol. The Morgan fingerprint density at radius 1 is 0.978 bits per heavy atom. The van der Waals surface area contributed by atoms with Crippen LogP contribution in [0.25, 0.3) is 0 Å². The predicted molar refractivity (Wildman–Crippen MR) is 191 cm³/mol. The Morgan fingerprint density at radius 2 is 1.63 bits per heavy atom. The summed E-state index contributed by atoms with van der Waals surface area (Å²) in [4.78, 5) is 27.3. The zero-order valence-corrected chi connectivity index (χ0v) is 32.7. The lowest BCUT2D eigenvalue weighted by Crippen LogP contribution is -2.58. The highest BCUT2D eigenvalue weighted by molar-refractivity contribution is 6.56. The first-order valence-electron chi connectivity index (χ1n) is 18.7. The summed E-state index contributed by atoms with van der Waals surface area (Å²) >= 11 is 0. The molecule has 0 spiro atoms. The number of hydrogen-bond acceptors (Lipinski definition) is 4. The molecule has 4 aliphatic rings. The molecule has 46 heavy (non-hydrogen) atoms. The van der Waals surface area contributed by atoms with Crippen LogP contribution in [0, 0.1) is 34.5 Å². The molecule has 1 aliphatic heterocycles. The van der Waals surface area contributed by atoms with E-state index in [0.717, 1.165) is 19.3 Å². The van der Waals surface area contributed by atoms with E-state index in [1.165, 1.54) is 38.5 Å². The van der Waals surface area contributed by atoms with Crippen molar-refractivity contribution < 1.29 is 18.8 Å². The normalized spacial score (nSPS) is 30.7. The van der Waals surface area contributed by atoms with Gasteiger partial charge in [-0.2, -0.15) is 0 Å². The second-order valence-electron chi connectivity index (χ2n) is 18.6. The summed E-state index contributed by atoms with van der Waals surface area (Å²) in [6.45, 7) is 29.7. The zero-order chi connectivity index (χ0) is 34.2. The molecule has 1 saturated heterocycles. The molecule has 3 fully saturated rings. The van der Waals surface area contributed by atoms with Gasteiger partial charge in [0, 0.05) is 26.1 Å². The molecular formula is C39H69N2O4Si. The van der Waals surface area contributed by atoms with E-state index in [2.05, 4.69) is 67.6 Å². The van der Waals surface area contributed by atoms with Gasteiger partial charge in [0.1, 0.15) is 5.60 Å². The summed E-state index contributed by atoms with van der Waals surface area (Å²) in [5.41, 5.74) is 3.80. The molecule has 1 N–H and O–H groups in total. The summed E-state index contributed by atoms with van der Waals surface area (Å²) < 4.78 is 12.7. The van der Waals surface area contributed by atoms with Crippen molar-refractivity contribution in [1.82, 2.24) is 10.2 Å². The highest BCUT2D eigenvalue weighted by atomic mass is 28.3. The number of nitrogens with zero attached hydrogens (tertiary/aromatic N) is 1. The van der Waals surface area contributed by atoms with E-state index >= 15 is 0 Å². The fourth-order valence-electron chi connectivity index (χ4n) is 10.2. The molecule has 0 aromatic carbocycles. The second kappa shape index (κ2) is 14.3. The first-order chi connectivity index (χ1) is 21.2. The van der Waals surface area contributed by atoms with Crippen molar-refractivity contribution in [2.75, 3.05) is 19.6 Å². The molecule has 7 heteroatoms. The minimum absolute atomic E-state index is 0.174. The van der Waals surface area contributed by atoms with Gasteiger partial charge in [0.05, 0.1) is 6.10 Å². The third-order valence-corrected chi connectivity index (χ3v) is 15.5. The Morgan fingerprint density at radius 3 is 2.22 bits per heavy atom. The lowest BCUT2D eigenvalue weighted by atomic mass is 9.43. The molecule has 1 heterocycles. The van der Waals surface area contributed by atoms with Crippen molar-refractivity contribution in [1.29, 1.82) is 0 Å². The number of amides is 2. The van der Waals surface area contributed by atoms with Gasteiger partial charge < -0.3 is 19.4 Å². The van der Waals surface area contributed by atoms with E-state index < -0.39 is 14.6 Å². The summed E-state index contributed by atoms with van der Waals surface area (Å²) in [6.07, 6.45) is 10.9. The Bertz CT molecular complexity index is 1110. The number of nitrogens with one attached hydrogen (secondary N) is 1. The first-order valence-corrected chi connectivity index (χ1v) is 20.2. The van der Waals surface area contributed by atoms with Crippen LogP contribution in [0.4, 0.5) is 4.79 Å². The highest BCUT2D eigenvalue weighted by Gasteiger charge is 2.59. The fraction of sp³-hybridized carbons (Fsp3) is 0.897. The smallest absolute Gasteiger partial charge is 0.410 e. The quantitative estimate of drug-likeness (QED) is 0.208. The summed E-state index contributed by atoms with van der Waals surface area (Å²) in [5, 5.41) is 3.49. The molecule has 5 atom stereocenters. The number of likely N-dealkylation sites (tertiary alicyclic amines) is 1. The number of hydrogen-bond donors (Lipinski definition) is 1. The molecule has 1 radical (unpaired) electrons. The molecule has 2 amide bonds. The molecule has 263 valence electrons. The lowest BCUT2D eigenvalue weighted by Gasteiger charge is -2.63. The number of fused-ring (bicyclic) bond motifs is 3. The van der Waals surface area contributed by atoms with E-state index in [9.17, 15) is 9.59 Å². The number of carbonyl (C=O) groups is 2. The summed E-state index contributed by atoms with van der Waals surface area (Å²) in [7, 11) is -0.947. The van der Waals surface area contributed by atoms with Gasteiger partial charge in [-0.05, 0) is 131 Å². The van der Waals surface area contributed by atoms with Crippen LogP contribution >= 0.6 is 0 Å². The average Bonchev–Trinajstić information content (AvgIpc) is 2.93. The Kier molecular flexibility index (Phi) is 11.6. The number of allylic oxidation sites excluding steroid dienone is 2. The van der Waals surface area contributed by atoms with Crippen molar-refractivity contribution in [3.8, 4) is 0 Å². The summed E-state index contributed by atoms with van der Waals surface area (Å²) in [5.74, 6) is 2.61. The zero-order valence-electron chi connectivity index (χ0n) is 31.7. The average molecular weight is 658 g/mol. The van der Waals surface area contributed by atoms with Crippen molar-refractivity contribution in [3.05, 3.63) is 11.1 Å². The Hall–Kier alpha value is -1.34. The van der Waals surface area contributed by atoms with Crippen LogP contribution in [0.1, 0.15) is 147 Å². The van der Waals surface area contributed by atoms with Crippen molar-refractivity contribution in [2.45, 2.75) is 170 Å². The molecule has 0 aromatic rings. The molecule has 2 saturated carbocycles. The molecule has 6 nitrogen and oxygen atoms in total. The summed E-state index contributed by atoms with van der Waals surface area (Å²) in [6, 6.07) is 0. The van der Waals surface area contributed by atoms with Crippen LogP contribution in [-0.4, -0.2) is 57.3 Å². The molecule has 3 aliphatic carbocycles. The molecule has 4 rings (SSSR count).